The van der Waals surface area contributed by atoms with Crippen molar-refractivity contribution in [2.24, 2.45) is 11.8 Å². The monoisotopic (exact) mass is 1010 g/mol. The first-order valence-electron chi connectivity index (χ1n) is 36.7. The Morgan fingerprint density at radius 2 is 0.757 bits per heavy atom. The quantitative estimate of drug-likeness (QED) is 0.165. The maximum atomic E-state index is 7.57. The summed E-state index contributed by atoms with van der Waals surface area (Å²) < 4.78 is 171. The molecule has 2 saturated carbocycles. The molecule has 8 aromatic carbocycles. The van der Waals surface area contributed by atoms with Crippen LogP contribution in [0.2, 0.25) is 0 Å². The Bertz CT molecular complexity index is 3660. The van der Waals surface area contributed by atoms with Gasteiger partial charge >= 0.3 is 0 Å². The summed E-state index contributed by atoms with van der Waals surface area (Å²) in [5, 5.41) is 0. The van der Waals surface area contributed by atoms with E-state index in [1.165, 1.54) is 80.6 Å². The highest BCUT2D eigenvalue weighted by Crippen LogP contribution is 2.30. The van der Waals surface area contributed by atoms with Crippen LogP contribution in [0.3, 0.4) is 0 Å². The van der Waals surface area contributed by atoms with Crippen molar-refractivity contribution in [3.63, 3.8) is 0 Å². The third-order valence-electron chi connectivity index (χ3n) is 11.3. The predicted octanol–water partition coefficient (Wildman–Crippen LogP) is 22.4. The topological polar surface area (TPSA) is 0 Å². The number of benzene rings is 8. The van der Waals surface area contributed by atoms with Crippen LogP contribution in [0.5, 0.6) is 0 Å². The predicted molar refractivity (Wildman–Crippen MR) is 329 cm³/mol. The molecule has 0 spiro atoms. The zero-order valence-electron chi connectivity index (χ0n) is 69.0. The molecule has 2 aliphatic carbocycles. The largest absolute Gasteiger partial charge is 0.0625 e. The summed E-state index contributed by atoms with van der Waals surface area (Å²) in [5.41, 5.74) is 16.7. The van der Waals surface area contributed by atoms with E-state index in [0.29, 0.717) is 5.56 Å². The van der Waals surface area contributed by atoms with Crippen molar-refractivity contribution in [1.82, 2.24) is 0 Å². The van der Waals surface area contributed by atoms with Gasteiger partial charge in [0.2, 0.25) is 0 Å². The van der Waals surface area contributed by atoms with E-state index in [9.17, 15) is 0 Å². The minimum absolute atomic E-state index is 0.124. The molecule has 0 unspecified atom stereocenters. The van der Waals surface area contributed by atoms with Gasteiger partial charge in [0, 0.05) is 24.7 Å². The molecule has 0 heteroatoms. The smallest absolute Gasteiger partial charge is 0.0625 e. The van der Waals surface area contributed by atoms with Crippen LogP contribution in [0.15, 0.2) is 212 Å². The summed E-state index contributed by atoms with van der Waals surface area (Å²) in [7, 11) is 0. The number of rotatable bonds is 3. The van der Waals surface area contributed by atoms with E-state index < -0.39 is 69.2 Å². The normalized spacial score (nSPS) is 23.8. The maximum Gasteiger partial charge on any atom is 0.0625 e. The van der Waals surface area contributed by atoms with Crippen LogP contribution in [0.25, 0.3) is 33.4 Å². The first-order valence-corrected chi connectivity index (χ1v) is 25.2. The zero-order valence-corrected chi connectivity index (χ0v) is 46.0. The lowest BCUT2D eigenvalue weighted by Gasteiger charge is -2.25. The van der Waals surface area contributed by atoms with Crippen LogP contribution in [-0.4, -0.2) is 0 Å². The molecule has 2 aliphatic rings. The highest BCUT2D eigenvalue weighted by atomic mass is 14.2. The molecule has 8 aromatic rings. The Morgan fingerprint density at radius 1 is 0.351 bits per heavy atom. The van der Waals surface area contributed by atoms with E-state index in [-0.39, 0.29) is 41.0 Å². The molecule has 0 amide bonds. The van der Waals surface area contributed by atoms with Crippen LogP contribution in [-0.2, 0) is 10.8 Å². The Hall–Kier alpha value is -6.24. The summed E-state index contributed by atoms with van der Waals surface area (Å²) in [4.78, 5) is 0. The second kappa shape index (κ2) is 32.2. The average molecular weight is 1010 g/mol. The molecule has 0 nitrogen and oxygen atoms in total. The highest BCUT2D eigenvalue weighted by Gasteiger charge is 2.19. The SMILES string of the molecule is Cc1cc(C(C)(C)C)cc(C(C)(C)C)c1.Cc1ccc(-c2ccccc2)cc1.Cc1cccc(-c2ccccc2)c1.Cc1ccccc1-c1ccccc1.[2H]C1([2H])C(C)C([2H])([2H])C([2H])([2H])C([2H])([2H])C1([2H])[2H].[2H]C1([2H])C(C)C([2H])([2H])C([2H])([2H])C1([2H])[2H].[2H]c1c([2H])c([2H])c(C)c([2H])c1[2H]. The van der Waals surface area contributed by atoms with Gasteiger partial charge in [0.05, 0.1) is 6.85 Å². The maximum absolute atomic E-state index is 7.57. The van der Waals surface area contributed by atoms with Gasteiger partial charge in [-0.15, -0.1) is 0 Å². The molecule has 10 rings (SSSR count). The van der Waals surface area contributed by atoms with Gasteiger partial charge in [-0.2, -0.15) is 0 Å². The molecule has 0 heterocycles. The zero-order chi connectivity index (χ0) is 74.3. The fourth-order valence-corrected chi connectivity index (χ4v) is 6.99. The van der Waals surface area contributed by atoms with Gasteiger partial charge in [0.15, 0.2) is 0 Å². The first-order chi connectivity index (χ1) is 44.2. The van der Waals surface area contributed by atoms with Gasteiger partial charge in [-0.05, 0) is 107 Å². The van der Waals surface area contributed by atoms with Crippen LogP contribution in [0, 0.1) is 46.5 Å². The Morgan fingerprint density at radius 3 is 1.20 bits per heavy atom. The molecule has 0 bridgehead atoms. The summed E-state index contributed by atoms with van der Waals surface area (Å²) in [6, 6.07) is 62.8. The highest BCUT2D eigenvalue weighted by molar-refractivity contribution is 5.67. The third kappa shape index (κ3) is 23.7. The average Bonchev–Trinajstić information content (AvgIpc) is 1.30. The van der Waals surface area contributed by atoms with Crippen molar-refractivity contribution < 1.29 is 31.5 Å². The van der Waals surface area contributed by atoms with Crippen LogP contribution >= 0.6 is 0 Å². The lowest BCUT2D eigenvalue weighted by Crippen LogP contribution is -2.16. The van der Waals surface area contributed by atoms with Crippen LogP contribution < -0.4 is 0 Å². The van der Waals surface area contributed by atoms with E-state index in [1.807, 2.05) is 18.2 Å². The van der Waals surface area contributed by atoms with Gasteiger partial charge in [0.1, 0.15) is 0 Å². The second-order valence-electron chi connectivity index (χ2n) is 20.1. The second-order valence-corrected chi connectivity index (χ2v) is 20.1. The van der Waals surface area contributed by atoms with Crippen molar-refractivity contribution >= 4 is 0 Å². The lowest BCUT2D eigenvalue weighted by atomic mass is 9.80. The Balaban J connectivity index is 0.000000241. The minimum atomic E-state index is -3.26. The Kier molecular flexibility index (Phi) is 14.9. The molecule has 0 N–H and O–H groups in total. The molecule has 390 valence electrons. The van der Waals surface area contributed by atoms with Crippen LogP contribution in [0.1, 0.15) is 183 Å². The molecule has 74 heavy (non-hydrogen) atoms. The third-order valence-corrected chi connectivity index (χ3v) is 11.3. The van der Waals surface area contributed by atoms with Gasteiger partial charge in [-0.25, -0.2) is 0 Å². The van der Waals surface area contributed by atoms with E-state index in [4.69, 9.17) is 31.5 Å². The molecular formula is C74H94. The molecular weight excluding hydrogens is 889 g/mol. The summed E-state index contributed by atoms with van der Waals surface area (Å²) >= 11 is 0. The molecule has 0 atom stereocenters. The van der Waals surface area contributed by atoms with Gasteiger partial charge in [-0.1, -0.05) is 347 Å². The molecule has 0 radical (unpaired) electrons. The van der Waals surface area contributed by atoms with Crippen LogP contribution in [0.4, 0.5) is 0 Å². The standard InChI is InChI=1S/C15H24.3C13H12.C7H14.C7H8.C6H12/c1-11-8-12(14(2,3)4)10-13(9-11)15(5,6)7;1-11-7-5-6-10-13(11)12-8-3-2-4-9-12;1-11-6-5-9-13(10-11)12-7-3-2-4-8-12;1-11-7-9-13(10-8-11)12-5-3-2-4-6-12;2*1-7-5-3-2-4-6-7;1-6-4-2-3-5-6/h8-10H,1-7H3;3*2-10H,1H3;7H,2-6H2,1H3;2-6H,1H3;6H,2-5H2,1H3/i;;;;2D2,3D2,4D2,5D2,6D2;2D,3D,4D,5D,6D;2D2,3D2,4D2,5D2. The summed E-state index contributed by atoms with van der Waals surface area (Å²) in [6.45, 7) is 26.0. The summed E-state index contributed by atoms with van der Waals surface area (Å²) in [6.07, 6.45) is -25.7. The van der Waals surface area contributed by atoms with Crippen molar-refractivity contribution in [2.45, 2.75) is 158 Å². The Labute approximate surface area is 485 Å². The fraction of sp³-hybridized carbons (Fsp3) is 0.351. The van der Waals surface area contributed by atoms with E-state index in [2.05, 4.69) is 233 Å². The van der Waals surface area contributed by atoms with Gasteiger partial charge < -0.3 is 0 Å². The van der Waals surface area contributed by atoms with Gasteiger partial charge in [0.25, 0.3) is 0 Å². The lowest BCUT2D eigenvalue weighted by molar-refractivity contribution is 0.385. The fourth-order valence-electron chi connectivity index (χ4n) is 6.99. The number of hydrogen-bond acceptors (Lipinski definition) is 0. The number of aryl methyl sites for hydroxylation is 4. The molecule has 2 fully saturated rings. The van der Waals surface area contributed by atoms with Crippen molar-refractivity contribution in [3.8, 4) is 33.4 Å². The van der Waals surface area contributed by atoms with Crippen molar-refractivity contribution in [3.05, 3.63) is 251 Å². The number of hydrogen-bond donors (Lipinski definition) is 0. The first kappa shape index (κ1) is 34.4. The van der Waals surface area contributed by atoms with Gasteiger partial charge in [-0.3, -0.25) is 0 Å². The molecule has 0 saturated heterocycles. The van der Waals surface area contributed by atoms with Crippen molar-refractivity contribution in [2.75, 3.05) is 0 Å². The van der Waals surface area contributed by atoms with E-state index >= 15 is 0 Å². The molecule has 0 aliphatic heterocycles. The van der Waals surface area contributed by atoms with E-state index in [1.54, 1.807) is 0 Å². The molecule has 0 aromatic heterocycles. The minimum Gasteiger partial charge on any atom is -0.0625 e. The summed E-state index contributed by atoms with van der Waals surface area (Å²) in [5.74, 6) is -2.93. The van der Waals surface area contributed by atoms with Crippen molar-refractivity contribution in [1.29, 1.82) is 0 Å². The van der Waals surface area contributed by atoms with E-state index in [0.717, 1.165) is 6.92 Å².